The second-order valence-electron chi connectivity index (χ2n) is 4.71. The maximum Gasteiger partial charge on any atom is 0.262 e. The summed E-state index contributed by atoms with van der Waals surface area (Å²) in [5.74, 6) is -1.20. The van der Waals surface area contributed by atoms with Crippen LogP contribution < -0.4 is 16.6 Å². The van der Waals surface area contributed by atoms with E-state index in [2.05, 4.69) is 27.9 Å². The molecule has 1 aromatic heterocycles. The third-order valence-corrected chi connectivity index (χ3v) is 4.56. The number of nitrogen functional groups attached to an aromatic ring is 1. The fourth-order valence-electron chi connectivity index (χ4n) is 2.31. The summed E-state index contributed by atoms with van der Waals surface area (Å²) < 4.78 is 2.29. The number of nitrogens with two attached hydrogens (primary N) is 1. The summed E-state index contributed by atoms with van der Waals surface area (Å²) in [4.78, 5) is 35.6. The summed E-state index contributed by atoms with van der Waals surface area (Å²) in [5, 5.41) is 2.14. The number of carbonyl (C=O) groups excluding carboxylic acids is 2. The van der Waals surface area contributed by atoms with Crippen molar-refractivity contribution >= 4 is 40.2 Å². The number of halogens is 1. The Labute approximate surface area is 133 Å². The van der Waals surface area contributed by atoms with Gasteiger partial charge in [-0.1, -0.05) is 0 Å². The van der Waals surface area contributed by atoms with Gasteiger partial charge in [0.05, 0.1) is 16.8 Å². The van der Waals surface area contributed by atoms with E-state index in [0.717, 1.165) is 15.2 Å². The highest BCUT2D eigenvalue weighted by molar-refractivity contribution is 14.1. The molecule has 0 atom stereocenters. The number of nitrogens with zero attached hydrogens (tertiary/aromatic N) is 1. The fourth-order valence-corrected chi connectivity index (χ4v) is 2.65. The Kier molecular flexibility index (Phi) is 3.08. The van der Waals surface area contributed by atoms with Crippen molar-refractivity contribution in [2.75, 3.05) is 5.73 Å². The summed E-state index contributed by atoms with van der Waals surface area (Å²) >= 11 is 2.19. The number of hydrogen-bond donors (Lipinski definition) is 2. The summed E-state index contributed by atoms with van der Waals surface area (Å²) in [6, 6.07) is 6.54. The first kappa shape index (κ1) is 13.8. The molecule has 1 aliphatic rings. The minimum absolute atomic E-state index is 0.0264. The Morgan fingerprint density at radius 2 is 1.86 bits per heavy atom. The number of aryl methyl sites for hydroxylation is 1. The lowest BCUT2D eigenvalue weighted by Gasteiger charge is -2.12. The van der Waals surface area contributed by atoms with Gasteiger partial charge in [0.2, 0.25) is 0 Å². The number of anilines is 1. The Morgan fingerprint density at radius 3 is 2.52 bits per heavy atom. The molecule has 1 aromatic carbocycles. The molecule has 3 rings (SSSR count). The maximum atomic E-state index is 12.2. The van der Waals surface area contributed by atoms with Crippen molar-refractivity contribution in [3.8, 4) is 5.69 Å². The molecule has 1 aliphatic heterocycles. The molecule has 0 saturated carbocycles. The van der Waals surface area contributed by atoms with Gasteiger partial charge in [-0.3, -0.25) is 24.3 Å². The molecule has 3 N–H and O–H groups in total. The molecule has 0 unspecified atom stereocenters. The smallest absolute Gasteiger partial charge is 0.262 e. The zero-order valence-corrected chi connectivity index (χ0v) is 13.1. The molecule has 21 heavy (non-hydrogen) atoms. The molecule has 0 bridgehead atoms. The summed E-state index contributed by atoms with van der Waals surface area (Å²) in [5.41, 5.74) is 7.14. The number of imide groups is 1. The van der Waals surface area contributed by atoms with Crippen LogP contribution in [-0.2, 0) is 0 Å². The molecule has 106 valence electrons. The van der Waals surface area contributed by atoms with E-state index in [4.69, 9.17) is 5.73 Å². The molecule has 2 amide bonds. The maximum absolute atomic E-state index is 12.2. The predicted octanol–water partition coefficient (Wildman–Crippen LogP) is 1.22. The molecule has 0 saturated heterocycles. The van der Waals surface area contributed by atoms with Gasteiger partial charge in [0, 0.05) is 9.64 Å². The van der Waals surface area contributed by atoms with Gasteiger partial charge in [-0.25, -0.2) is 0 Å². The van der Waals surface area contributed by atoms with Crippen LogP contribution in [0.1, 0.15) is 26.3 Å². The van der Waals surface area contributed by atoms with E-state index in [1.165, 1.54) is 4.57 Å². The lowest BCUT2D eigenvalue weighted by Crippen LogP contribution is -2.24. The molecular formula is C14H10IN3O3. The minimum atomic E-state index is -0.593. The van der Waals surface area contributed by atoms with E-state index in [-0.39, 0.29) is 16.9 Å². The topological polar surface area (TPSA) is 94.2 Å². The SMILES string of the molecule is Cc1cc(-n2c(N)c3c(cc2=O)C(=O)NC3=O)ccc1I. The van der Waals surface area contributed by atoms with E-state index in [9.17, 15) is 14.4 Å². The highest BCUT2D eigenvalue weighted by Crippen LogP contribution is 2.24. The summed E-state index contributed by atoms with van der Waals surface area (Å²) in [6.45, 7) is 1.91. The second-order valence-corrected chi connectivity index (χ2v) is 5.87. The Morgan fingerprint density at radius 1 is 1.14 bits per heavy atom. The van der Waals surface area contributed by atoms with Gasteiger partial charge in [0.25, 0.3) is 17.4 Å². The van der Waals surface area contributed by atoms with Crippen LogP contribution in [0.15, 0.2) is 29.1 Å². The number of fused-ring (bicyclic) bond motifs is 1. The highest BCUT2D eigenvalue weighted by atomic mass is 127. The normalized spacial score (nSPS) is 13.2. The first-order valence-corrected chi connectivity index (χ1v) is 7.15. The van der Waals surface area contributed by atoms with E-state index in [0.29, 0.717) is 5.69 Å². The van der Waals surface area contributed by atoms with Gasteiger partial charge in [0.15, 0.2) is 0 Å². The van der Waals surface area contributed by atoms with Crippen LogP contribution in [0.25, 0.3) is 5.69 Å². The van der Waals surface area contributed by atoms with Crippen LogP contribution in [0.5, 0.6) is 0 Å². The zero-order chi connectivity index (χ0) is 15.3. The number of nitrogens with one attached hydrogen (secondary N) is 1. The molecule has 7 heteroatoms. The predicted molar refractivity (Wildman–Crippen MR) is 85.7 cm³/mol. The average Bonchev–Trinajstić information content (AvgIpc) is 2.69. The third kappa shape index (κ3) is 2.04. The van der Waals surface area contributed by atoms with Crippen LogP contribution in [-0.4, -0.2) is 16.4 Å². The Hall–Kier alpha value is -2.16. The highest BCUT2D eigenvalue weighted by Gasteiger charge is 2.31. The van der Waals surface area contributed by atoms with Crippen molar-refractivity contribution in [2.24, 2.45) is 0 Å². The molecule has 6 nitrogen and oxygen atoms in total. The number of hydrogen-bond acceptors (Lipinski definition) is 4. The van der Waals surface area contributed by atoms with Gasteiger partial charge in [-0.15, -0.1) is 0 Å². The quantitative estimate of drug-likeness (QED) is 0.561. The minimum Gasteiger partial charge on any atom is -0.384 e. The monoisotopic (exact) mass is 395 g/mol. The van der Waals surface area contributed by atoms with Gasteiger partial charge < -0.3 is 5.73 Å². The Bertz CT molecular complexity index is 870. The summed E-state index contributed by atoms with van der Waals surface area (Å²) in [7, 11) is 0. The van der Waals surface area contributed by atoms with Crippen molar-refractivity contribution < 1.29 is 9.59 Å². The van der Waals surface area contributed by atoms with Gasteiger partial charge >= 0.3 is 0 Å². The van der Waals surface area contributed by atoms with Crippen molar-refractivity contribution in [1.82, 2.24) is 9.88 Å². The standard InChI is InChI=1S/C14H10IN3O3/c1-6-4-7(2-3-9(6)15)18-10(19)5-8-11(12(18)16)14(21)17-13(8)20/h2-5H,16H2,1H3,(H,17,20,21). The molecule has 0 radical (unpaired) electrons. The van der Waals surface area contributed by atoms with Crippen LogP contribution in [0, 0.1) is 10.5 Å². The second kappa shape index (κ2) is 4.69. The lowest BCUT2D eigenvalue weighted by molar-refractivity contribution is 0.0880. The molecule has 0 fully saturated rings. The fraction of sp³-hybridized carbons (Fsp3) is 0.0714. The largest absolute Gasteiger partial charge is 0.384 e. The molecular weight excluding hydrogens is 385 g/mol. The van der Waals surface area contributed by atoms with Crippen molar-refractivity contribution in [3.05, 3.63) is 54.9 Å². The van der Waals surface area contributed by atoms with E-state index < -0.39 is 17.4 Å². The molecule has 2 heterocycles. The number of benzene rings is 1. The van der Waals surface area contributed by atoms with Crippen LogP contribution >= 0.6 is 22.6 Å². The Balaban J connectivity index is 2.32. The molecule has 0 aliphatic carbocycles. The van der Waals surface area contributed by atoms with Crippen molar-refractivity contribution in [2.45, 2.75) is 6.92 Å². The molecule has 0 spiro atoms. The van der Waals surface area contributed by atoms with Crippen LogP contribution in [0.3, 0.4) is 0 Å². The van der Waals surface area contributed by atoms with Crippen molar-refractivity contribution in [3.63, 3.8) is 0 Å². The summed E-state index contributed by atoms with van der Waals surface area (Å²) in [6.07, 6.45) is 0. The van der Waals surface area contributed by atoms with E-state index >= 15 is 0 Å². The number of pyridine rings is 1. The van der Waals surface area contributed by atoms with Crippen LogP contribution in [0.4, 0.5) is 5.82 Å². The average molecular weight is 395 g/mol. The van der Waals surface area contributed by atoms with Crippen molar-refractivity contribution in [1.29, 1.82) is 0 Å². The number of amides is 2. The van der Waals surface area contributed by atoms with E-state index in [1.54, 1.807) is 12.1 Å². The van der Waals surface area contributed by atoms with Crippen LogP contribution in [0.2, 0.25) is 0 Å². The lowest BCUT2D eigenvalue weighted by atomic mass is 10.1. The number of aromatic nitrogens is 1. The molecule has 2 aromatic rings. The zero-order valence-electron chi connectivity index (χ0n) is 10.9. The number of carbonyl (C=O) groups is 2. The van der Waals surface area contributed by atoms with Gasteiger partial charge in [0.1, 0.15) is 5.82 Å². The van der Waals surface area contributed by atoms with Gasteiger partial charge in [-0.05, 0) is 53.3 Å². The third-order valence-electron chi connectivity index (χ3n) is 3.35. The van der Waals surface area contributed by atoms with Gasteiger partial charge in [-0.2, -0.15) is 0 Å². The first-order valence-electron chi connectivity index (χ1n) is 6.08. The van der Waals surface area contributed by atoms with E-state index in [1.807, 2.05) is 13.0 Å². The number of rotatable bonds is 1. The first-order chi connectivity index (χ1) is 9.90.